The van der Waals surface area contributed by atoms with Gasteiger partial charge >= 0.3 is 0 Å². The first kappa shape index (κ1) is 20.2. The zero-order chi connectivity index (χ0) is 19.9. The van der Waals surface area contributed by atoms with Crippen molar-refractivity contribution >= 4 is 5.91 Å². The Hall–Kier alpha value is -2.53. The van der Waals surface area contributed by atoms with Crippen molar-refractivity contribution in [3.63, 3.8) is 0 Å². The summed E-state index contributed by atoms with van der Waals surface area (Å²) in [4.78, 5) is 15.2. The van der Waals surface area contributed by atoms with Gasteiger partial charge in [0.1, 0.15) is 11.5 Å². The summed E-state index contributed by atoms with van der Waals surface area (Å²) in [6.45, 7) is 5.24. The van der Waals surface area contributed by atoms with Crippen molar-refractivity contribution in [2.75, 3.05) is 27.3 Å². The van der Waals surface area contributed by atoms with Crippen molar-refractivity contribution < 1.29 is 14.3 Å². The largest absolute Gasteiger partial charge is 0.497 e. The molecule has 1 N–H and O–H groups in total. The fraction of sp³-hybridized carbons (Fsp3) is 0.435. The Morgan fingerprint density at radius 1 is 1.04 bits per heavy atom. The lowest BCUT2D eigenvalue weighted by atomic mass is 10.1. The molecule has 1 amide bonds. The van der Waals surface area contributed by atoms with Gasteiger partial charge in [-0.25, -0.2) is 0 Å². The van der Waals surface area contributed by atoms with Gasteiger partial charge in [0.25, 0.3) is 5.91 Å². The Morgan fingerprint density at radius 3 is 2.39 bits per heavy atom. The molecule has 3 rings (SSSR count). The SMILES string of the molecule is COc1ccc(OC)c(C(C)NC(=O)c2ccc(CN3CCCCC3)cc2)c1. The number of benzene rings is 2. The monoisotopic (exact) mass is 382 g/mol. The third-order valence-corrected chi connectivity index (χ3v) is 5.32. The lowest BCUT2D eigenvalue weighted by Crippen LogP contribution is -2.29. The van der Waals surface area contributed by atoms with Gasteiger partial charge in [0.15, 0.2) is 0 Å². The van der Waals surface area contributed by atoms with Crippen LogP contribution in [0.25, 0.3) is 0 Å². The van der Waals surface area contributed by atoms with Crippen LogP contribution in [0.3, 0.4) is 0 Å². The fourth-order valence-corrected chi connectivity index (χ4v) is 3.67. The van der Waals surface area contributed by atoms with E-state index in [1.54, 1.807) is 14.2 Å². The number of nitrogens with zero attached hydrogens (tertiary/aromatic N) is 1. The quantitative estimate of drug-likeness (QED) is 0.780. The number of methoxy groups -OCH3 is 2. The van der Waals surface area contributed by atoms with Gasteiger partial charge in [0, 0.05) is 17.7 Å². The van der Waals surface area contributed by atoms with Crippen LogP contribution in [0.4, 0.5) is 0 Å². The van der Waals surface area contributed by atoms with E-state index in [0.717, 1.165) is 23.6 Å². The maximum atomic E-state index is 12.7. The van der Waals surface area contributed by atoms with Gasteiger partial charge < -0.3 is 14.8 Å². The zero-order valence-corrected chi connectivity index (χ0v) is 17.0. The molecule has 2 aromatic rings. The number of rotatable bonds is 7. The predicted octanol–water partition coefficient (Wildman–Crippen LogP) is 4.18. The molecular formula is C23H30N2O3. The lowest BCUT2D eigenvalue weighted by Gasteiger charge is -2.26. The minimum atomic E-state index is -0.203. The molecule has 5 nitrogen and oxygen atoms in total. The standard InChI is InChI=1S/C23H30N2O3/c1-17(21-15-20(27-2)11-12-22(21)28-3)24-23(26)19-9-7-18(8-10-19)16-25-13-5-4-6-14-25/h7-12,15,17H,4-6,13-14,16H2,1-3H3,(H,24,26). The Morgan fingerprint density at radius 2 is 1.75 bits per heavy atom. The number of hydrogen-bond donors (Lipinski definition) is 1. The number of amides is 1. The molecule has 1 saturated heterocycles. The van der Waals surface area contributed by atoms with Gasteiger partial charge in [-0.15, -0.1) is 0 Å². The van der Waals surface area contributed by atoms with Crippen LogP contribution in [0, 0.1) is 0 Å². The van der Waals surface area contributed by atoms with E-state index in [1.807, 2.05) is 37.3 Å². The van der Waals surface area contributed by atoms with Crippen LogP contribution in [-0.2, 0) is 6.54 Å². The molecule has 0 spiro atoms. The van der Waals surface area contributed by atoms with E-state index in [1.165, 1.54) is 37.9 Å². The summed E-state index contributed by atoms with van der Waals surface area (Å²) in [7, 11) is 3.25. The molecule has 1 heterocycles. The highest BCUT2D eigenvalue weighted by atomic mass is 16.5. The van der Waals surface area contributed by atoms with Crippen LogP contribution in [0.2, 0.25) is 0 Å². The Labute approximate surface area is 167 Å². The van der Waals surface area contributed by atoms with Gasteiger partial charge in [-0.05, 0) is 68.8 Å². The van der Waals surface area contributed by atoms with Gasteiger partial charge in [0.2, 0.25) is 0 Å². The molecule has 0 aliphatic carbocycles. The number of likely N-dealkylation sites (tertiary alicyclic amines) is 1. The van der Waals surface area contributed by atoms with Crippen molar-refractivity contribution in [1.29, 1.82) is 0 Å². The van der Waals surface area contributed by atoms with E-state index in [0.29, 0.717) is 5.56 Å². The molecular weight excluding hydrogens is 352 g/mol. The fourth-order valence-electron chi connectivity index (χ4n) is 3.67. The van der Waals surface area contributed by atoms with Gasteiger partial charge in [-0.2, -0.15) is 0 Å². The summed E-state index contributed by atoms with van der Waals surface area (Å²) >= 11 is 0. The van der Waals surface area contributed by atoms with Crippen LogP contribution in [0.5, 0.6) is 11.5 Å². The Bertz CT molecular complexity index is 783. The van der Waals surface area contributed by atoms with E-state index >= 15 is 0 Å². The summed E-state index contributed by atoms with van der Waals surface area (Å²) in [5.74, 6) is 1.37. The number of nitrogens with one attached hydrogen (secondary N) is 1. The summed E-state index contributed by atoms with van der Waals surface area (Å²) in [5.41, 5.74) is 2.80. The highest BCUT2D eigenvalue weighted by molar-refractivity contribution is 5.94. The molecule has 1 unspecified atom stereocenters. The normalized spacial score (nSPS) is 15.7. The Balaban J connectivity index is 1.64. The molecule has 0 aromatic heterocycles. The average Bonchev–Trinajstić information content (AvgIpc) is 2.74. The number of ether oxygens (including phenoxy) is 2. The Kier molecular flexibility index (Phi) is 6.93. The zero-order valence-electron chi connectivity index (χ0n) is 17.0. The highest BCUT2D eigenvalue weighted by Crippen LogP contribution is 2.29. The third kappa shape index (κ3) is 5.04. The summed E-state index contributed by atoms with van der Waals surface area (Å²) in [6.07, 6.45) is 3.91. The van der Waals surface area contributed by atoms with Crippen molar-refractivity contribution in [3.8, 4) is 11.5 Å². The maximum Gasteiger partial charge on any atom is 0.251 e. The molecule has 150 valence electrons. The van der Waals surface area contributed by atoms with Gasteiger partial charge in [-0.3, -0.25) is 9.69 Å². The van der Waals surface area contributed by atoms with Crippen molar-refractivity contribution in [2.45, 2.75) is 38.8 Å². The molecule has 1 aliphatic rings. The maximum absolute atomic E-state index is 12.7. The molecule has 1 atom stereocenters. The molecule has 1 fully saturated rings. The first-order chi connectivity index (χ1) is 13.6. The van der Waals surface area contributed by atoms with Crippen LogP contribution in [-0.4, -0.2) is 38.1 Å². The molecule has 2 aromatic carbocycles. The van der Waals surface area contributed by atoms with E-state index in [2.05, 4.69) is 22.3 Å². The van der Waals surface area contributed by atoms with E-state index < -0.39 is 0 Å². The first-order valence-corrected chi connectivity index (χ1v) is 9.95. The van der Waals surface area contributed by atoms with Gasteiger partial charge in [0.05, 0.1) is 20.3 Å². The molecule has 5 heteroatoms. The van der Waals surface area contributed by atoms with Crippen molar-refractivity contribution in [1.82, 2.24) is 10.2 Å². The minimum Gasteiger partial charge on any atom is -0.497 e. The van der Waals surface area contributed by atoms with Crippen molar-refractivity contribution in [2.24, 2.45) is 0 Å². The second-order valence-electron chi connectivity index (χ2n) is 7.34. The second kappa shape index (κ2) is 9.60. The minimum absolute atomic E-state index is 0.0955. The van der Waals surface area contributed by atoms with Crippen LogP contribution in [0.1, 0.15) is 53.7 Å². The smallest absolute Gasteiger partial charge is 0.251 e. The van der Waals surface area contributed by atoms with E-state index in [-0.39, 0.29) is 11.9 Å². The van der Waals surface area contributed by atoms with Crippen LogP contribution < -0.4 is 14.8 Å². The summed E-state index contributed by atoms with van der Waals surface area (Å²) < 4.78 is 10.7. The molecule has 0 radical (unpaired) electrons. The summed E-state index contributed by atoms with van der Waals surface area (Å²) in [5, 5.41) is 3.05. The highest BCUT2D eigenvalue weighted by Gasteiger charge is 2.17. The second-order valence-corrected chi connectivity index (χ2v) is 7.34. The third-order valence-electron chi connectivity index (χ3n) is 5.32. The summed E-state index contributed by atoms with van der Waals surface area (Å²) in [6, 6.07) is 13.3. The van der Waals surface area contributed by atoms with Gasteiger partial charge in [-0.1, -0.05) is 18.6 Å². The predicted molar refractivity (Wildman–Crippen MR) is 111 cm³/mol. The molecule has 1 aliphatic heterocycles. The number of hydrogen-bond acceptors (Lipinski definition) is 4. The first-order valence-electron chi connectivity index (χ1n) is 9.95. The van der Waals surface area contributed by atoms with Crippen LogP contribution in [0.15, 0.2) is 42.5 Å². The molecule has 0 saturated carbocycles. The van der Waals surface area contributed by atoms with E-state index in [9.17, 15) is 4.79 Å². The lowest BCUT2D eigenvalue weighted by molar-refractivity contribution is 0.0939. The number of piperidine rings is 1. The van der Waals surface area contributed by atoms with E-state index in [4.69, 9.17) is 9.47 Å². The average molecular weight is 383 g/mol. The topological polar surface area (TPSA) is 50.8 Å². The number of carbonyl (C=O) groups is 1. The van der Waals surface area contributed by atoms with Crippen molar-refractivity contribution in [3.05, 3.63) is 59.2 Å². The molecule has 28 heavy (non-hydrogen) atoms. The number of carbonyl (C=O) groups excluding carboxylic acids is 1. The van der Waals surface area contributed by atoms with Crippen LogP contribution >= 0.6 is 0 Å². The molecule has 0 bridgehead atoms.